The molecule has 1 aromatic carbocycles. The van der Waals surface area contributed by atoms with E-state index >= 15 is 0 Å². The number of aryl methyl sites for hydroxylation is 1. The molecule has 2 fully saturated rings. The number of nitrogens with zero attached hydrogens (tertiary/aromatic N) is 1. The number of rotatable bonds is 7. The van der Waals surface area contributed by atoms with Gasteiger partial charge in [-0.15, -0.1) is 0 Å². The number of quaternary nitrogens is 1. The van der Waals surface area contributed by atoms with E-state index in [0.29, 0.717) is 18.7 Å². The van der Waals surface area contributed by atoms with Crippen molar-refractivity contribution < 1.29 is 29.6 Å². The van der Waals surface area contributed by atoms with Gasteiger partial charge in [0.15, 0.2) is 0 Å². The van der Waals surface area contributed by atoms with Gasteiger partial charge in [-0.05, 0) is 24.8 Å². The molecule has 0 bridgehead atoms. The van der Waals surface area contributed by atoms with Crippen molar-refractivity contribution in [3.05, 3.63) is 29.3 Å². The Morgan fingerprint density at radius 1 is 1.23 bits per heavy atom. The number of unbranched alkanes of at least 4 members (excludes halogenated alkanes) is 1. The summed E-state index contributed by atoms with van der Waals surface area (Å²) in [6.07, 6.45) is 2.20. The Bertz CT molecular complexity index is 929. The first kappa shape index (κ1) is 20.5. The zero-order chi connectivity index (χ0) is 21.6. The number of hydrogen-bond donors (Lipinski definition) is 2. The van der Waals surface area contributed by atoms with Gasteiger partial charge in [-0.2, -0.15) is 0 Å². The van der Waals surface area contributed by atoms with E-state index in [4.69, 9.17) is 0 Å². The van der Waals surface area contributed by atoms with E-state index in [1.165, 1.54) is 4.90 Å². The Balaban J connectivity index is 1.82. The summed E-state index contributed by atoms with van der Waals surface area (Å²) < 4.78 is 0. The van der Waals surface area contributed by atoms with Crippen LogP contribution in [0.3, 0.4) is 0 Å². The maximum Gasteiger partial charge on any atom is 0.291 e. The van der Waals surface area contributed by atoms with E-state index in [0.717, 1.165) is 24.0 Å². The molecule has 0 saturated carbocycles. The highest BCUT2D eigenvalue weighted by Crippen LogP contribution is 2.50. The summed E-state index contributed by atoms with van der Waals surface area (Å²) in [5, 5.41) is 15.8. The van der Waals surface area contributed by atoms with Crippen LogP contribution in [0, 0.1) is 11.8 Å². The number of likely N-dealkylation sites (tertiary alicyclic amines) is 1. The Labute approximate surface area is 175 Å². The van der Waals surface area contributed by atoms with Crippen LogP contribution in [0.1, 0.15) is 50.7 Å². The van der Waals surface area contributed by atoms with Gasteiger partial charge in [0.2, 0.25) is 17.4 Å². The minimum atomic E-state index is -1.24. The van der Waals surface area contributed by atoms with E-state index in [2.05, 4.69) is 5.32 Å². The van der Waals surface area contributed by atoms with Crippen molar-refractivity contribution in [3.8, 4) is 0 Å². The van der Waals surface area contributed by atoms with Crippen molar-refractivity contribution in [1.82, 2.24) is 4.90 Å². The third kappa shape index (κ3) is 2.77. The number of imide groups is 1. The summed E-state index contributed by atoms with van der Waals surface area (Å²) >= 11 is 0. The second kappa shape index (κ2) is 7.50. The molecule has 2 saturated heterocycles. The summed E-state index contributed by atoms with van der Waals surface area (Å²) in [5.41, 5.74) is 1.17. The molecule has 3 heterocycles. The maximum atomic E-state index is 13.4. The molecule has 3 aliphatic heterocycles. The van der Waals surface area contributed by atoms with E-state index in [9.17, 15) is 24.3 Å². The van der Waals surface area contributed by atoms with Gasteiger partial charge in [0, 0.05) is 24.5 Å². The zero-order valence-corrected chi connectivity index (χ0v) is 17.3. The molecule has 30 heavy (non-hydrogen) atoms. The van der Waals surface area contributed by atoms with Crippen LogP contribution in [0.15, 0.2) is 18.2 Å². The van der Waals surface area contributed by atoms with Crippen molar-refractivity contribution in [2.24, 2.45) is 11.8 Å². The molecular formula is C22H27N3O5. The molecule has 1 spiro atoms. The summed E-state index contributed by atoms with van der Waals surface area (Å²) in [4.78, 5) is 52.4. The van der Waals surface area contributed by atoms with Crippen molar-refractivity contribution >= 4 is 29.4 Å². The molecule has 160 valence electrons. The van der Waals surface area contributed by atoms with Crippen LogP contribution in [0.25, 0.3) is 0 Å². The molecule has 4 atom stereocenters. The molecule has 0 unspecified atom stereocenters. The van der Waals surface area contributed by atoms with Crippen molar-refractivity contribution in [2.75, 3.05) is 11.9 Å². The second-order valence-electron chi connectivity index (χ2n) is 8.44. The second-order valence-corrected chi connectivity index (χ2v) is 8.44. The predicted octanol–water partition coefficient (Wildman–Crippen LogP) is -0.727. The first-order chi connectivity index (χ1) is 14.4. The van der Waals surface area contributed by atoms with Crippen LogP contribution in [-0.4, -0.2) is 41.2 Å². The number of nitrogens with two attached hydrogens (primary N) is 1. The number of carboxylic acid groups (broad SMARTS) is 1. The molecule has 8 nitrogen and oxygen atoms in total. The van der Waals surface area contributed by atoms with E-state index in [-0.39, 0.29) is 30.6 Å². The lowest BCUT2D eigenvalue weighted by Gasteiger charge is -2.26. The number of anilines is 1. The zero-order valence-electron chi connectivity index (χ0n) is 17.3. The Hall–Kier alpha value is -2.74. The van der Waals surface area contributed by atoms with Crippen LogP contribution >= 0.6 is 0 Å². The standard InChI is InChI=1S/C22H27N3O5/c1-3-5-11-25-19(28)16-14(9-10-15(26)27)24-22(17(16)20(25)29)13-8-6-7-12(4-2)18(13)23-21(22)30/h6-8,14,16-17,24H,3-5,9-11H2,1-2H3,(H,23,30)(H,26,27)/t14-,16-,17+,22-/m1/s1. The molecule has 4 rings (SSSR count). The third-order valence-corrected chi connectivity index (χ3v) is 6.88. The van der Waals surface area contributed by atoms with E-state index in [1.807, 2.05) is 32.0 Å². The Morgan fingerprint density at radius 2 is 2.00 bits per heavy atom. The fraction of sp³-hybridized carbons (Fsp3) is 0.545. The number of carboxylic acids is 1. The first-order valence-electron chi connectivity index (χ1n) is 10.7. The fourth-order valence-corrected chi connectivity index (χ4v) is 5.49. The van der Waals surface area contributed by atoms with Gasteiger partial charge in [0.05, 0.1) is 5.69 Å². The average Bonchev–Trinajstić information content (AvgIpc) is 3.30. The molecule has 0 aromatic heterocycles. The molecule has 0 aliphatic carbocycles. The maximum absolute atomic E-state index is 13.4. The third-order valence-electron chi connectivity index (χ3n) is 6.88. The molecular weight excluding hydrogens is 386 g/mol. The molecule has 0 radical (unpaired) electrons. The number of carbonyl (C=O) groups is 4. The normalized spacial score (nSPS) is 29.5. The Kier molecular flexibility index (Phi) is 5.13. The van der Waals surface area contributed by atoms with Crippen molar-refractivity contribution in [2.45, 2.75) is 57.5 Å². The lowest BCUT2D eigenvalue weighted by molar-refractivity contribution is -0.734. The predicted molar refractivity (Wildman–Crippen MR) is 105 cm³/mol. The number of benzene rings is 1. The molecule has 3 amide bonds. The molecule has 1 aromatic rings. The highest BCUT2D eigenvalue weighted by atomic mass is 16.4. The van der Waals surface area contributed by atoms with Crippen molar-refractivity contribution in [1.29, 1.82) is 0 Å². The smallest absolute Gasteiger partial charge is 0.291 e. The van der Waals surface area contributed by atoms with Crippen LogP contribution in [0.4, 0.5) is 5.69 Å². The topological polar surface area (TPSA) is 123 Å². The highest BCUT2D eigenvalue weighted by molar-refractivity contribution is 6.14. The first-order valence-corrected chi connectivity index (χ1v) is 10.7. The van der Waals surface area contributed by atoms with Crippen LogP contribution in [0.2, 0.25) is 0 Å². The summed E-state index contributed by atoms with van der Waals surface area (Å²) in [6.45, 7) is 4.30. The van der Waals surface area contributed by atoms with Gasteiger partial charge in [-0.3, -0.25) is 19.3 Å². The lowest BCUT2D eigenvalue weighted by atomic mass is 9.76. The van der Waals surface area contributed by atoms with Crippen LogP contribution in [-0.2, 0) is 31.1 Å². The summed E-state index contributed by atoms with van der Waals surface area (Å²) in [7, 11) is 0. The molecule has 3 N–H and O–H groups in total. The van der Waals surface area contributed by atoms with Gasteiger partial charge in [-0.25, -0.2) is 0 Å². The highest BCUT2D eigenvalue weighted by Gasteiger charge is 2.74. The Morgan fingerprint density at radius 3 is 2.67 bits per heavy atom. The SMILES string of the molecule is CCCCN1C(=O)[C@H]2[C@@H](C1=O)[C@@]1([NH2+][C@@H]2CCC(=O)[O-])C(=O)Nc2c(CC)cccc21. The van der Waals surface area contributed by atoms with E-state index < -0.39 is 29.4 Å². The number of hydrogen-bond acceptors (Lipinski definition) is 5. The minimum absolute atomic E-state index is 0.169. The van der Waals surface area contributed by atoms with Gasteiger partial charge >= 0.3 is 0 Å². The quantitative estimate of drug-likeness (QED) is 0.571. The molecule has 3 aliphatic rings. The van der Waals surface area contributed by atoms with Gasteiger partial charge < -0.3 is 20.5 Å². The summed E-state index contributed by atoms with van der Waals surface area (Å²) in [5.74, 6) is -3.66. The summed E-state index contributed by atoms with van der Waals surface area (Å²) in [6, 6.07) is 5.17. The number of nitrogens with one attached hydrogen (secondary N) is 1. The van der Waals surface area contributed by atoms with Crippen LogP contribution in [0.5, 0.6) is 0 Å². The molecule has 8 heteroatoms. The fourth-order valence-electron chi connectivity index (χ4n) is 5.49. The lowest BCUT2D eigenvalue weighted by Crippen LogP contribution is -2.99. The van der Waals surface area contributed by atoms with E-state index in [1.54, 1.807) is 5.32 Å². The number of carbonyl (C=O) groups excluding carboxylic acids is 4. The van der Waals surface area contributed by atoms with Gasteiger partial charge in [0.1, 0.15) is 17.9 Å². The average molecular weight is 413 g/mol. The number of fused-ring (bicyclic) bond motifs is 4. The van der Waals surface area contributed by atoms with Crippen LogP contribution < -0.4 is 15.7 Å². The number of para-hydroxylation sites is 1. The van der Waals surface area contributed by atoms with Gasteiger partial charge in [0.25, 0.3) is 5.91 Å². The number of amides is 3. The number of aliphatic carboxylic acids is 1. The monoisotopic (exact) mass is 413 g/mol. The van der Waals surface area contributed by atoms with Crippen molar-refractivity contribution in [3.63, 3.8) is 0 Å². The van der Waals surface area contributed by atoms with Gasteiger partial charge in [-0.1, -0.05) is 38.5 Å². The largest absolute Gasteiger partial charge is 0.550 e. The minimum Gasteiger partial charge on any atom is -0.550 e.